The van der Waals surface area contributed by atoms with Crippen molar-refractivity contribution in [1.82, 2.24) is 4.98 Å². The van der Waals surface area contributed by atoms with Crippen LogP contribution in [0, 0.1) is 5.82 Å². The van der Waals surface area contributed by atoms with Gasteiger partial charge in [-0.1, -0.05) is 11.8 Å². The maximum atomic E-state index is 13.0. The van der Waals surface area contributed by atoms with Crippen molar-refractivity contribution in [3.8, 4) is 22.8 Å². The van der Waals surface area contributed by atoms with Crippen LogP contribution in [-0.2, 0) is 4.79 Å². The third-order valence-corrected chi connectivity index (χ3v) is 5.98. The van der Waals surface area contributed by atoms with E-state index in [0.717, 1.165) is 15.6 Å². The summed E-state index contributed by atoms with van der Waals surface area (Å²) in [6.07, 6.45) is 0. The highest BCUT2D eigenvalue weighted by molar-refractivity contribution is 8.02. The van der Waals surface area contributed by atoms with Crippen molar-refractivity contribution in [2.45, 2.75) is 16.5 Å². The number of halogens is 1. The number of nitrogens with one attached hydrogen (secondary N) is 1. The number of carbonyl (C=O) groups excluding carboxylic acids is 1. The molecular formula is C19H15FN2O3S2. The standard InChI is InChI=1S/C19H15FN2O3S2/c1-11(18(23)21-14-6-7-16-17(8-14)25-10-24-16)27-19-22-15(9-26-19)12-2-4-13(20)5-3-12/h2-9,11H,10H2,1H3,(H,21,23)/t11-/m0/s1. The number of hydrogen-bond donors (Lipinski definition) is 1. The van der Waals surface area contributed by atoms with Gasteiger partial charge in [0.25, 0.3) is 0 Å². The second-order valence-electron chi connectivity index (χ2n) is 5.82. The summed E-state index contributed by atoms with van der Waals surface area (Å²) in [6, 6.07) is 11.5. The monoisotopic (exact) mass is 402 g/mol. The molecule has 4 rings (SSSR count). The van der Waals surface area contributed by atoms with Gasteiger partial charge in [-0.05, 0) is 43.3 Å². The van der Waals surface area contributed by atoms with Gasteiger partial charge in [0.1, 0.15) is 5.82 Å². The smallest absolute Gasteiger partial charge is 0.237 e. The summed E-state index contributed by atoms with van der Waals surface area (Å²) in [5.74, 6) is 0.887. The first kappa shape index (κ1) is 17.8. The van der Waals surface area contributed by atoms with Crippen LogP contribution in [-0.4, -0.2) is 22.9 Å². The number of anilines is 1. The van der Waals surface area contributed by atoms with Gasteiger partial charge in [0.15, 0.2) is 15.8 Å². The molecule has 1 N–H and O–H groups in total. The molecule has 3 aromatic rings. The molecule has 27 heavy (non-hydrogen) atoms. The first-order valence-corrected chi connectivity index (χ1v) is 9.93. The molecule has 1 aliphatic heterocycles. The first-order valence-electron chi connectivity index (χ1n) is 8.17. The van der Waals surface area contributed by atoms with Crippen LogP contribution in [0.5, 0.6) is 11.5 Å². The maximum Gasteiger partial charge on any atom is 0.237 e. The van der Waals surface area contributed by atoms with Gasteiger partial charge in [0, 0.05) is 22.7 Å². The second kappa shape index (κ2) is 7.58. The second-order valence-corrected chi connectivity index (χ2v) is 8.27. The third-order valence-electron chi connectivity index (χ3n) is 3.91. The summed E-state index contributed by atoms with van der Waals surface area (Å²) in [5.41, 5.74) is 2.27. The molecule has 0 unspecified atom stereocenters. The predicted octanol–water partition coefficient (Wildman–Crippen LogP) is 4.80. The fourth-order valence-electron chi connectivity index (χ4n) is 2.49. The number of thiazole rings is 1. The lowest BCUT2D eigenvalue weighted by molar-refractivity contribution is -0.115. The summed E-state index contributed by atoms with van der Waals surface area (Å²) in [4.78, 5) is 17.0. The van der Waals surface area contributed by atoms with E-state index in [2.05, 4.69) is 10.3 Å². The van der Waals surface area contributed by atoms with Crippen LogP contribution in [0.1, 0.15) is 6.92 Å². The van der Waals surface area contributed by atoms with E-state index in [0.29, 0.717) is 17.2 Å². The third kappa shape index (κ3) is 4.06. The van der Waals surface area contributed by atoms with Crippen LogP contribution in [0.25, 0.3) is 11.3 Å². The molecule has 8 heteroatoms. The number of nitrogens with zero attached hydrogens (tertiary/aromatic N) is 1. The highest BCUT2D eigenvalue weighted by atomic mass is 32.2. The highest BCUT2D eigenvalue weighted by Crippen LogP contribution is 2.35. The minimum Gasteiger partial charge on any atom is -0.454 e. The van der Waals surface area contributed by atoms with E-state index < -0.39 is 0 Å². The molecule has 1 aliphatic rings. The normalized spacial score (nSPS) is 13.4. The van der Waals surface area contributed by atoms with E-state index in [1.54, 1.807) is 30.3 Å². The first-order chi connectivity index (χ1) is 13.1. The van der Waals surface area contributed by atoms with Crippen molar-refractivity contribution in [3.05, 3.63) is 53.7 Å². The number of amides is 1. The lowest BCUT2D eigenvalue weighted by Gasteiger charge is -2.11. The molecule has 5 nitrogen and oxygen atoms in total. The van der Waals surface area contributed by atoms with Gasteiger partial charge in [-0.15, -0.1) is 11.3 Å². The molecule has 0 saturated heterocycles. The Balaban J connectivity index is 1.39. The zero-order chi connectivity index (χ0) is 18.8. The van der Waals surface area contributed by atoms with Gasteiger partial charge in [-0.3, -0.25) is 4.79 Å². The number of aromatic nitrogens is 1. The van der Waals surface area contributed by atoms with Crippen molar-refractivity contribution in [1.29, 1.82) is 0 Å². The Morgan fingerprint density at radius 1 is 1.22 bits per heavy atom. The molecule has 0 spiro atoms. The SMILES string of the molecule is C[C@H](Sc1nc(-c2ccc(F)cc2)cs1)C(=O)Nc1ccc2c(c1)OCO2. The van der Waals surface area contributed by atoms with E-state index in [9.17, 15) is 9.18 Å². The number of thioether (sulfide) groups is 1. The fraction of sp³-hybridized carbons (Fsp3) is 0.158. The summed E-state index contributed by atoms with van der Waals surface area (Å²) < 4.78 is 24.4. The number of hydrogen-bond acceptors (Lipinski definition) is 6. The lowest BCUT2D eigenvalue weighted by Crippen LogP contribution is -2.22. The van der Waals surface area contributed by atoms with Crippen LogP contribution in [0.15, 0.2) is 52.2 Å². The maximum absolute atomic E-state index is 13.0. The Morgan fingerprint density at radius 2 is 2.00 bits per heavy atom. The Labute approximate surface area is 163 Å². The van der Waals surface area contributed by atoms with E-state index in [1.807, 2.05) is 12.3 Å². The summed E-state index contributed by atoms with van der Waals surface area (Å²) in [5, 5.41) is 4.45. The van der Waals surface area contributed by atoms with Crippen molar-refractivity contribution in [2.24, 2.45) is 0 Å². The van der Waals surface area contributed by atoms with Crippen LogP contribution in [0.4, 0.5) is 10.1 Å². The minimum atomic E-state index is -0.331. The van der Waals surface area contributed by atoms with Crippen molar-refractivity contribution < 1.29 is 18.7 Å². The Morgan fingerprint density at radius 3 is 2.81 bits per heavy atom. The molecular weight excluding hydrogens is 387 g/mol. The van der Waals surface area contributed by atoms with Crippen LogP contribution >= 0.6 is 23.1 Å². The van der Waals surface area contributed by atoms with Crippen molar-refractivity contribution in [3.63, 3.8) is 0 Å². The van der Waals surface area contributed by atoms with Gasteiger partial charge in [0.2, 0.25) is 12.7 Å². The number of carbonyl (C=O) groups is 1. The molecule has 2 heterocycles. The quantitative estimate of drug-likeness (QED) is 0.622. The fourth-order valence-corrected chi connectivity index (χ4v) is 4.46. The van der Waals surface area contributed by atoms with E-state index >= 15 is 0 Å². The zero-order valence-corrected chi connectivity index (χ0v) is 15.9. The average molecular weight is 402 g/mol. The average Bonchev–Trinajstić information content (AvgIpc) is 3.31. The Hall–Kier alpha value is -2.58. The number of ether oxygens (including phenoxy) is 2. The van der Waals surface area contributed by atoms with Crippen LogP contribution < -0.4 is 14.8 Å². The van der Waals surface area contributed by atoms with E-state index in [1.165, 1.54) is 35.2 Å². The van der Waals surface area contributed by atoms with Gasteiger partial charge >= 0.3 is 0 Å². The van der Waals surface area contributed by atoms with Crippen LogP contribution in [0.3, 0.4) is 0 Å². The molecule has 138 valence electrons. The molecule has 0 fully saturated rings. The van der Waals surface area contributed by atoms with E-state index in [4.69, 9.17) is 9.47 Å². The summed E-state index contributed by atoms with van der Waals surface area (Å²) in [6.45, 7) is 2.02. The number of fused-ring (bicyclic) bond motifs is 1. The Kier molecular flexibility index (Phi) is 5.00. The van der Waals surface area contributed by atoms with E-state index in [-0.39, 0.29) is 23.8 Å². The van der Waals surface area contributed by atoms with Gasteiger partial charge < -0.3 is 14.8 Å². The predicted molar refractivity (Wildman–Crippen MR) is 104 cm³/mol. The molecule has 1 aromatic heterocycles. The molecule has 0 radical (unpaired) electrons. The number of benzene rings is 2. The zero-order valence-electron chi connectivity index (χ0n) is 14.3. The molecule has 2 aromatic carbocycles. The molecule has 1 atom stereocenters. The summed E-state index contributed by atoms with van der Waals surface area (Å²) >= 11 is 2.84. The lowest BCUT2D eigenvalue weighted by atomic mass is 10.2. The summed E-state index contributed by atoms with van der Waals surface area (Å²) in [7, 11) is 0. The molecule has 0 bridgehead atoms. The van der Waals surface area contributed by atoms with Crippen molar-refractivity contribution in [2.75, 3.05) is 12.1 Å². The largest absolute Gasteiger partial charge is 0.454 e. The number of rotatable bonds is 5. The molecule has 0 aliphatic carbocycles. The topological polar surface area (TPSA) is 60.5 Å². The molecule has 1 amide bonds. The minimum absolute atomic E-state index is 0.127. The van der Waals surface area contributed by atoms with Gasteiger partial charge in [-0.2, -0.15) is 0 Å². The van der Waals surface area contributed by atoms with Crippen LogP contribution in [0.2, 0.25) is 0 Å². The highest BCUT2D eigenvalue weighted by Gasteiger charge is 2.19. The molecule has 0 saturated carbocycles. The Bertz CT molecular complexity index is 975. The van der Waals surface area contributed by atoms with Gasteiger partial charge in [0.05, 0.1) is 10.9 Å². The van der Waals surface area contributed by atoms with Gasteiger partial charge in [-0.25, -0.2) is 9.37 Å². The van der Waals surface area contributed by atoms with Crippen molar-refractivity contribution >= 4 is 34.7 Å².